The van der Waals surface area contributed by atoms with E-state index in [2.05, 4.69) is 13.8 Å². The van der Waals surface area contributed by atoms with E-state index in [0.717, 1.165) is 25.6 Å². The first kappa shape index (κ1) is 13.9. The highest BCUT2D eigenvalue weighted by Crippen LogP contribution is 2.23. The highest BCUT2D eigenvalue weighted by molar-refractivity contribution is 4.65. The third-order valence-corrected chi connectivity index (χ3v) is 2.69. The summed E-state index contributed by atoms with van der Waals surface area (Å²) in [6.45, 7) is 12.0. The normalized spacial score (nSPS) is 14.4. The number of rotatable bonds is 8. The molecule has 0 aromatic carbocycles. The van der Waals surface area contributed by atoms with Crippen LogP contribution in [0, 0.1) is 5.92 Å². The fourth-order valence-corrected chi connectivity index (χ4v) is 1.51. The molecule has 2 nitrogen and oxygen atoms in total. The van der Waals surface area contributed by atoms with Gasteiger partial charge < -0.3 is 9.47 Å². The van der Waals surface area contributed by atoms with Crippen LogP contribution in [0.5, 0.6) is 0 Å². The second-order valence-corrected chi connectivity index (χ2v) is 4.05. The van der Waals surface area contributed by atoms with Gasteiger partial charge >= 0.3 is 0 Å². The molecule has 0 aliphatic heterocycles. The predicted molar refractivity (Wildman–Crippen MR) is 60.3 cm³/mol. The maximum atomic E-state index is 5.64. The van der Waals surface area contributed by atoms with Crippen molar-refractivity contribution in [1.82, 2.24) is 0 Å². The minimum absolute atomic E-state index is 0.368. The molecule has 86 valence electrons. The maximum absolute atomic E-state index is 5.64. The Hall–Kier alpha value is -0.0800. The molecule has 1 atom stereocenters. The van der Waals surface area contributed by atoms with Crippen LogP contribution in [0.25, 0.3) is 0 Å². The first-order valence-corrected chi connectivity index (χ1v) is 5.85. The summed E-state index contributed by atoms with van der Waals surface area (Å²) in [5.74, 6) is 0.391. The second kappa shape index (κ2) is 7.24. The molecule has 1 unspecified atom stereocenters. The first-order valence-electron chi connectivity index (χ1n) is 5.85. The van der Waals surface area contributed by atoms with Crippen molar-refractivity contribution in [1.29, 1.82) is 0 Å². The van der Waals surface area contributed by atoms with E-state index in [1.807, 2.05) is 20.8 Å². The van der Waals surface area contributed by atoms with Gasteiger partial charge in [0.25, 0.3) is 0 Å². The predicted octanol–water partition coefficient (Wildman–Crippen LogP) is 3.60. The van der Waals surface area contributed by atoms with Crippen LogP contribution in [-0.4, -0.2) is 19.0 Å². The van der Waals surface area contributed by atoms with Crippen LogP contribution in [0.3, 0.4) is 0 Å². The van der Waals surface area contributed by atoms with E-state index in [9.17, 15) is 0 Å². The lowest BCUT2D eigenvalue weighted by Crippen LogP contribution is -2.33. The number of hydrogen-bond donors (Lipinski definition) is 0. The molecule has 2 heteroatoms. The minimum Gasteiger partial charge on any atom is -0.351 e. The van der Waals surface area contributed by atoms with Gasteiger partial charge in [-0.25, -0.2) is 0 Å². The van der Waals surface area contributed by atoms with E-state index < -0.39 is 0 Å². The highest BCUT2D eigenvalue weighted by atomic mass is 16.7. The number of hydrogen-bond acceptors (Lipinski definition) is 2. The minimum atomic E-state index is -0.368. The molecule has 0 fully saturated rings. The van der Waals surface area contributed by atoms with Crippen LogP contribution >= 0.6 is 0 Å². The summed E-state index contributed by atoms with van der Waals surface area (Å²) in [7, 11) is 0. The van der Waals surface area contributed by atoms with Crippen LogP contribution in [-0.2, 0) is 9.47 Å². The van der Waals surface area contributed by atoms with Gasteiger partial charge in [0.05, 0.1) is 0 Å². The lowest BCUT2D eigenvalue weighted by Gasteiger charge is -2.30. The van der Waals surface area contributed by atoms with Gasteiger partial charge in [-0.1, -0.05) is 20.3 Å². The average Bonchev–Trinajstić information content (AvgIpc) is 2.15. The first-order chi connectivity index (χ1) is 6.58. The zero-order chi connectivity index (χ0) is 11.0. The summed E-state index contributed by atoms with van der Waals surface area (Å²) in [5, 5.41) is 0. The summed E-state index contributed by atoms with van der Waals surface area (Å²) < 4.78 is 11.3. The van der Waals surface area contributed by atoms with Crippen LogP contribution < -0.4 is 0 Å². The molecular formula is C12H26O2. The third-order valence-electron chi connectivity index (χ3n) is 2.69. The van der Waals surface area contributed by atoms with Gasteiger partial charge in [0, 0.05) is 19.6 Å². The van der Waals surface area contributed by atoms with Crippen molar-refractivity contribution < 1.29 is 9.47 Å². The van der Waals surface area contributed by atoms with E-state index in [-0.39, 0.29) is 5.79 Å². The molecule has 0 N–H and O–H groups in total. The Morgan fingerprint density at radius 1 is 1.07 bits per heavy atom. The summed E-state index contributed by atoms with van der Waals surface area (Å²) in [6.07, 6.45) is 3.39. The Kier molecular flexibility index (Phi) is 7.20. The highest BCUT2D eigenvalue weighted by Gasteiger charge is 2.24. The van der Waals surface area contributed by atoms with Gasteiger partial charge in [-0.2, -0.15) is 0 Å². The Balaban J connectivity index is 3.94. The molecule has 0 aromatic rings. The van der Waals surface area contributed by atoms with E-state index in [4.69, 9.17) is 9.47 Å². The van der Waals surface area contributed by atoms with Crippen LogP contribution in [0.2, 0.25) is 0 Å². The second-order valence-electron chi connectivity index (χ2n) is 4.05. The van der Waals surface area contributed by atoms with Crippen molar-refractivity contribution in [3.8, 4) is 0 Å². The smallest absolute Gasteiger partial charge is 0.165 e. The van der Waals surface area contributed by atoms with Crippen molar-refractivity contribution in [3.63, 3.8) is 0 Å². The quantitative estimate of drug-likeness (QED) is 0.560. The molecular weight excluding hydrogens is 176 g/mol. The van der Waals surface area contributed by atoms with Gasteiger partial charge in [-0.05, 0) is 33.1 Å². The maximum Gasteiger partial charge on any atom is 0.165 e. The van der Waals surface area contributed by atoms with Gasteiger partial charge in [0.15, 0.2) is 5.79 Å². The fourth-order valence-electron chi connectivity index (χ4n) is 1.51. The zero-order valence-electron chi connectivity index (χ0n) is 10.4. The molecule has 0 rings (SSSR count). The van der Waals surface area contributed by atoms with E-state index >= 15 is 0 Å². The zero-order valence-corrected chi connectivity index (χ0v) is 10.4. The molecule has 0 bridgehead atoms. The molecule has 0 amide bonds. The molecule has 0 spiro atoms. The third kappa shape index (κ3) is 5.61. The van der Waals surface area contributed by atoms with Crippen LogP contribution in [0.4, 0.5) is 0 Å². The fraction of sp³-hybridized carbons (Fsp3) is 1.00. The lowest BCUT2D eigenvalue weighted by atomic mass is 9.99. The van der Waals surface area contributed by atoms with Crippen molar-refractivity contribution in [2.75, 3.05) is 13.2 Å². The molecule has 0 aromatic heterocycles. The molecule has 0 aliphatic rings. The van der Waals surface area contributed by atoms with Crippen molar-refractivity contribution in [3.05, 3.63) is 0 Å². The largest absolute Gasteiger partial charge is 0.351 e. The van der Waals surface area contributed by atoms with Gasteiger partial charge in [-0.15, -0.1) is 0 Å². The molecule has 0 heterocycles. The Morgan fingerprint density at radius 2 is 1.57 bits per heavy atom. The van der Waals surface area contributed by atoms with E-state index in [1.165, 1.54) is 12.8 Å². The van der Waals surface area contributed by atoms with Gasteiger partial charge in [-0.3, -0.25) is 0 Å². The topological polar surface area (TPSA) is 18.5 Å². The number of ether oxygens (including phenoxy) is 2. The summed E-state index contributed by atoms with van der Waals surface area (Å²) in [5.41, 5.74) is 0. The van der Waals surface area contributed by atoms with E-state index in [1.54, 1.807) is 0 Å². The van der Waals surface area contributed by atoms with Crippen LogP contribution in [0.1, 0.15) is 53.9 Å². The Labute approximate surface area is 89.0 Å². The monoisotopic (exact) mass is 202 g/mol. The lowest BCUT2D eigenvalue weighted by molar-refractivity contribution is -0.226. The summed E-state index contributed by atoms with van der Waals surface area (Å²) >= 11 is 0. The Morgan fingerprint density at radius 3 is 1.93 bits per heavy atom. The SMILES string of the molecule is CCOC(C)(CCC(C)CC)OCC. The van der Waals surface area contributed by atoms with Gasteiger partial charge in [0.1, 0.15) is 0 Å². The van der Waals surface area contributed by atoms with E-state index in [0.29, 0.717) is 0 Å². The average molecular weight is 202 g/mol. The molecule has 0 aliphatic carbocycles. The molecule has 14 heavy (non-hydrogen) atoms. The van der Waals surface area contributed by atoms with Crippen molar-refractivity contribution >= 4 is 0 Å². The van der Waals surface area contributed by atoms with Crippen molar-refractivity contribution in [2.45, 2.75) is 59.7 Å². The summed E-state index contributed by atoms with van der Waals surface area (Å²) in [4.78, 5) is 0. The molecule has 0 radical (unpaired) electrons. The Bertz CT molecular complexity index is 128. The molecule has 0 saturated heterocycles. The van der Waals surface area contributed by atoms with Crippen molar-refractivity contribution in [2.24, 2.45) is 5.92 Å². The van der Waals surface area contributed by atoms with Gasteiger partial charge in [0.2, 0.25) is 0 Å². The molecule has 0 saturated carbocycles. The van der Waals surface area contributed by atoms with Crippen LogP contribution in [0.15, 0.2) is 0 Å². The summed E-state index contributed by atoms with van der Waals surface area (Å²) in [6, 6.07) is 0. The standard InChI is InChI=1S/C12H26O2/c1-6-11(4)9-10-12(5,13-7-2)14-8-3/h11H,6-10H2,1-5H3.